The van der Waals surface area contributed by atoms with Gasteiger partial charge >= 0.3 is 0 Å². The van der Waals surface area contributed by atoms with Gasteiger partial charge in [-0.3, -0.25) is 0 Å². The molecule has 0 unspecified atom stereocenters. The van der Waals surface area contributed by atoms with Crippen LogP contribution in [-0.2, 0) is 5.41 Å². The lowest BCUT2D eigenvalue weighted by molar-refractivity contribution is 0.660. The van der Waals surface area contributed by atoms with Crippen LogP contribution in [-0.4, -0.2) is 0 Å². The maximum Gasteiger partial charge on any atom is 0.0540 e. The molecule has 0 bridgehead atoms. The van der Waals surface area contributed by atoms with Crippen molar-refractivity contribution >= 4 is 38.6 Å². The summed E-state index contributed by atoms with van der Waals surface area (Å²) >= 11 is 0. The Morgan fingerprint density at radius 1 is 0.273 bits per heavy atom. The van der Waals surface area contributed by atoms with Gasteiger partial charge in [-0.05, 0) is 119 Å². The first-order chi connectivity index (χ1) is 32.5. The van der Waals surface area contributed by atoms with Crippen LogP contribution < -0.4 is 4.90 Å². The molecule has 0 aromatic heterocycles. The lowest BCUT2D eigenvalue weighted by Crippen LogP contribution is -2.15. The van der Waals surface area contributed by atoms with Crippen molar-refractivity contribution in [2.45, 2.75) is 19.3 Å². The maximum atomic E-state index is 2.48. The van der Waals surface area contributed by atoms with Crippen LogP contribution in [0.4, 0.5) is 17.1 Å². The van der Waals surface area contributed by atoms with Gasteiger partial charge in [-0.2, -0.15) is 0 Å². The predicted molar refractivity (Wildman–Crippen MR) is 281 cm³/mol. The molecular formula is C65H47N. The fraction of sp³-hybridized carbons (Fsp3) is 0.0462. The van der Waals surface area contributed by atoms with Gasteiger partial charge in [0.1, 0.15) is 0 Å². The fourth-order valence-corrected chi connectivity index (χ4v) is 10.7. The van der Waals surface area contributed by atoms with Gasteiger partial charge < -0.3 is 4.90 Å². The Hall–Kier alpha value is -8.26. The second-order valence-electron chi connectivity index (χ2n) is 18.0. The summed E-state index contributed by atoms with van der Waals surface area (Å²) in [6.45, 7) is 4.73. The van der Waals surface area contributed by atoms with Gasteiger partial charge in [0.2, 0.25) is 0 Å². The number of rotatable bonds is 8. The molecule has 0 saturated carbocycles. The van der Waals surface area contributed by atoms with Gasteiger partial charge in [-0.1, -0.05) is 232 Å². The van der Waals surface area contributed by atoms with E-state index < -0.39 is 0 Å². The van der Waals surface area contributed by atoms with E-state index in [1.165, 1.54) is 93.9 Å². The van der Waals surface area contributed by atoms with E-state index in [9.17, 15) is 0 Å². The van der Waals surface area contributed by atoms with Crippen LogP contribution in [0.1, 0.15) is 25.0 Å². The molecule has 12 rings (SSSR count). The topological polar surface area (TPSA) is 3.24 Å². The summed E-state index contributed by atoms with van der Waals surface area (Å²) in [5.41, 5.74) is 20.5. The summed E-state index contributed by atoms with van der Waals surface area (Å²) in [7, 11) is 0. The third-order valence-electron chi connectivity index (χ3n) is 13.9. The molecule has 0 N–H and O–H groups in total. The van der Waals surface area contributed by atoms with E-state index in [-0.39, 0.29) is 5.41 Å². The highest BCUT2D eigenvalue weighted by molar-refractivity contribution is 6.12. The number of anilines is 3. The monoisotopic (exact) mass is 841 g/mol. The van der Waals surface area contributed by atoms with Crippen LogP contribution in [0.25, 0.3) is 88.3 Å². The normalized spacial score (nSPS) is 12.5. The average Bonchev–Trinajstić information content (AvgIpc) is 3.62. The predicted octanol–water partition coefficient (Wildman–Crippen LogP) is 18.1. The second kappa shape index (κ2) is 16.1. The number of benzene rings is 11. The smallest absolute Gasteiger partial charge is 0.0540 e. The molecule has 0 heterocycles. The molecular weight excluding hydrogens is 795 g/mol. The lowest BCUT2D eigenvalue weighted by Gasteiger charge is -2.31. The molecule has 0 aliphatic heterocycles. The van der Waals surface area contributed by atoms with Crippen molar-refractivity contribution in [2.75, 3.05) is 4.90 Å². The van der Waals surface area contributed by atoms with Crippen LogP contribution in [0.3, 0.4) is 0 Å². The van der Waals surface area contributed by atoms with Gasteiger partial charge in [0.25, 0.3) is 0 Å². The number of para-hydroxylation sites is 2. The van der Waals surface area contributed by atoms with Crippen LogP contribution in [0, 0.1) is 0 Å². The summed E-state index contributed by atoms with van der Waals surface area (Å²) in [6.07, 6.45) is 0. The third kappa shape index (κ3) is 6.55. The Kier molecular flexibility index (Phi) is 9.58. The first-order valence-electron chi connectivity index (χ1n) is 23.0. The molecule has 1 heteroatoms. The van der Waals surface area contributed by atoms with Gasteiger partial charge in [-0.25, -0.2) is 0 Å². The van der Waals surface area contributed by atoms with E-state index in [2.05, 4.69) is 267 Å². The number of nitrogens with zero attached hydrogens (tertiary/aromatic N) is 1. The molecule has 11 aromatic carbocycles. The molecule has 0 atom stereocenters. The summed E-state index contributed by atoms with van der Waals surface area (Å²) in [5.74, 6) is 0. The first kappa shape index (κ1) is 39.3. The van der Waals surface area contributed by atoms with Crippen LogP contribution in [0.5, 0.6) is 0 Å². The summed E-state index contributed by atoms with van der Waals surface area (Å²) < 4.78 is 0. The number of hydrogen-bond donors (Lipinski definition) is 0. The lowest BCUT2D eigenvalue weighted by atomic mass is 9.81. The van der Waals surface area contributed by atoms with Crippen molar-refractivity contribution in [3.05, 3.63) is 260 Å². The van der Waals surface area contributed by atoms with E-state index >= 15 is 0 Å². The molecule has 0 spiro atoms. The summed E-state index contributed by atoms with van der Waals surface area (Å²) in [4.78, 5) is 2.48. The third-order valence-corrected chi connectivity index (χ3v) is 13.9. The molecule has 1 nitrogen and oxygen atoms in total. The fourth-order valence-electron chi connectivity index (χ4n) is 10.7. The van der Waals surface area contributed by atoms with E-state index in [0.29, 0.717) is 0 Å². The van der Waals surface area contributed by atoms with Crippen LogP contribution in [0.2, 0.25) is 0 Å². The van der Waals surface area contributed by atoms with E-state index in [0.717, 1.165) is 22.6 Å². The quantitative estimate of drug-likeness (QED) is 0.138. The van der Waals surface area contributed by atoms with Crippen molar-refractivity contribution < 1.29 is 0 Å². The number of hydrogen-bond acceptors (Lipinski definition) is 1. The Morgan fingerprint density at radius 3 is 1.53 bits per heavy atom. The first-order valence-corrected chi connectivity index (χ1v) is 23.0. The minimum absolute atomic E-state index is 0.118. The van der Waals surface area contributed by atoms with Crippen LogP contribution in [0.15, 0.2) is 249 Å². The SMILES string of the molecule is CC1(C)c2ccccc2-c2ccc(-c3ccccc3N(c3ccc(-c4cccc5c4ccc4ccccc45)cc3)c3ccccc3-c3ccccc3-c3ccccc3-c3ccccc3)cc21. The Morgan fingerprint density at radius 2 is 0.773 bits per heavy atom. The molecule has 0 radical (unpaired) electrons. The number of fused-ring (bicyclic) bond motifs is 6. The molecule has 312 valence electrons. The second-order valence-corrected chi connectivity index (χ2v) is 18.0. The molecule has 66 heavy (non-hydrogen) atoms. The average molecular weight is 842 g/mol. The molecule has 1 aliphatic rings. The summed E-state index contributed by atoms with van der Waals surface area (Å²) in [5, 5.41) is 5.06. The van der Waals surface area contributed by atoms with Crippen molar-refractivity contribution in [1.82, 2.24) is 0 Å². The van der Waals surface area contributed by atoms with Gasteiger partial charge in [0.15, 0.2) is 0 Å². The van der Waals surface area contributed by atoms with E-state index in [1.807, 2.05) is 0 Å². The maximum absolute atomic E-state index is 2.48. The van der Waals surface area contributed by atoms with Gasteiger partial charge in [0, 0.05) is 22.2 Å². The summed E-state index contributed by atoms with van der Waals surface area (Å²) in [6, 6.07) is 91.5. The Bertz CT molecular complexity index is 3620. The zero-order valence-corrected chi connectivity index (χ0v) is 37.1. The van der Waals surface area contributed by atoms with Gasteiger partial charge in [-0.15, -0.1) is 0 Å². The van der Waals surface area contributed by atoms with Crippen molar-refractivity contribution in [2.24, 2.45) is 0 Å². The van der Waals surface area contributed by atoms with Crippen LogP contribution >= 0.6 is 0 Å². The Labute approximate surface area is 387 Å². The minimum atomic E-state index is -0.118. The minimum Gasteiger partial charge on any atom is -0.309 e. The molecule has 0 fully saturated rings. The largest absolute Gasteiger partial charge is 0.309 e. The Balaban J connectivity index is 1.05. The molecule has 1 aliphatic carbocycles. The highest BCUT2D eigenvalue weighted by Crippen LogP contribution is 2.52. The highest BCUT2D eigenvalue weighted by atomic mass is 15.1. The molecule has 0 saturated heterocycles. The highest BCUT2D eigenvalue weighted by Gasteiger charge is 2.35. The van der Waals surface area contributed by atoms with Crippen molar-refractivity contribution in [1.29, 1.82) is 0 Å². The zero-order chi connectivity index (χ0) is 44.2. The van der Waals surface area contributed by atoms with Crippen molar-refractivity contribution in [3.63, 3.8) is 0 Å². The van der Waals surface area contributed by atoms with Gasteiger partial charge in [0.05, 0.1) is 11.4 Å². The van der Waals surface area contributed by atoms with Crippen molar-refractivity contribution in [3.8, 4) is 66.8 Å². The molecule has 11 aromatic rings. The standard InChI is InChI=1S/C65H47N/c1-65(2)61-32-15-12-28-58(61)59-42-38-47(43-62(59)65)52-24-13-16-33-63(52)66(48-39-35-46(36-40-48)51-30-18-31-54-50-22-7-6-21-45(50)37-41-57(51)54)64-34-17-14-29-60(64)56-27-11-10-26-55(56)53-25-9-8-23-49(53)44-19-4-3-5-20-44/h3-43H,1-2H3. The zero-order valence-electron chi connectivity index (χ0n) is 37.1. The molecule has 0 amide bonds. The van der Waals surface area contributed by atoms with E-state index in [4.69, 9.17) is 0 Å². The van der Waals surface area contributed by atoms with E-state index in [1.54, 1.807) is 0 Å².